The van der Waals surface area contributed by atoms with Crippen molar-refractivity contribution in [2.24, 2.45) is 5.84 Å². The van der Waals surface area contributed by atoms with E-state index in [0.29, 0.717) is 16.3 Å². The Bertz CT molecular complexity index is 610. The number of nitrogens with zero attached hydrogens (tertiary/aromatic N) is 1. The Hall–Kier alpha value is -1.65. The van der Waals surface area contributed by atoms with Gasteiger partial charge in [0.1, 0.15) is 0 Å². The number of halogens is 1. The summed E-state index contributed by atoms with van der Waals surface area (Å²) in [5.41, 5.74) is 4.93. The normalized spacial score (nSPS) is 10.6. The minimum absolute atomic E-state index is 0.343. The highest BCUT2D eigenvalue weighted by molar-refractivity contribution is 6.32. The Kier molecular flexibility index (Phi) is 3.00. The second kappa shape index (κ2) is 4.31. The van der Waals surface area contributed by atoms with Crippen molar-refractivity contribution < 1.29 is 4.79 Å². The van der Waals surface area contributed by atoms with Gasteiger partial charge < -0.3 is 0 Å². The van der Waals surface area contributed by atoms with Gasteiger partial charge in [-0.15, -0.1) is 0 Å². The van der Waals surface area contributed by atoms with Crippen LogP contribution in [0.1, 0.15) is 21.6 Å². The third kappa shape index (κ3) is 1.97. The van der Waals surface area contributed by atoms with Crippen LogP contribution in [0.3, 0.4) is 0 Å². The monoisotopic (exact) mass is 249 g/mol. The number of hydrogen-bond donors (Lipinski definition) is 2. The molecule has 4 nitrogen and oxygen atoms in total. The number of aromatic nitrogens is 1. The fourth-order valence-electron chi connectivity index (χ4n) is 1.76. The minimum atomic E-state index is -0.343. The van der Waals surface area contributed by atoms with Gasteiger partial charge in [-0.3, -0.25) is 15.2 Å². The lowest BCUT2D eigenvalue weighted by atomic mass is 10.1. The Morgan fingerprint density at radius 2 is 2.12 bits per heavy atom. The van der Waals surface area contributed by atoms with Crippen LogP contribution in [0, 0.1) is 13.8 Å². The predicted octanol–water partition coefficient (Wildman–Crippen LogP) is 2.11. The van der Waals surface area contributed by atoms with Gasteiger partial charge in [0.25, 0.3) is 5.91 Å². The van der Waals surface area contributed by atoms with E-state index in [4.69, 9.17) is 17.4 Å². The molecule has 1 aromatic heterocycles. The second-order valence-electron chi connectivity index (χ2n) is 3.84. The van der Waals surface area contributed by atoms with Crippen molar-refractivity contribution in [2.75, 3.05) is 0 Å². The summed E-state index contributed by atoms with van der Waals surface area (Å²) >= 11 is 6.03. The number of benzene rings is 1. The molecule has 0 radical (unpaired) electrons. The number of fused-ring (bicyclic) bond motifs is 1. The number of carbonyl (C=O) groups excluding carboxylic acids is 1. The maximum absolute atomic E-state index is 11.5. The van der Waals surface area contributed by atoms with Gasteiger partial charge in [0, 0.05) is 10.4 Å². The summed E-state index contributed by atoms with van der Waals surface area (Å²) in [6, 6.07) is 5.40. The first-order chi connectivity index (χ1) is 8.04. The number of nitrogens with two attached hydrogens (primary N) is 1. The highest BCUT2D eigenvalue weighted by Crippen LogP contribution is 2.25. The van der Waals surface area contributed by atoms with E-state index in [1.54, 1.807) is 19.1 Å². The fourth-order valence-corrected chi connectivity index (χ4v) is 1.91. The number of nitrogens with one attached hydrogen (secondary N) is 1. The van der Waals surface area contributed by atoms with Crippen molar-refractivity contribution in [1.29, 1.82) is 0 Å². The smallest absolute Gasteiger partial charge is 0.267 e. The van der Waals surface area contributed by atoms with Crippen molar-refractivity contribution in [2.45, 2.75) is 13.8 Å². The first-order valence-corrected chi connectivity index (χ1v) is 5.49. The van der Waals surface area contributed by atoms with E-state index < -0.39 is 0 Å². The molecule has 17 heavy (non-hydrogen) atoms. The zero-order valence-corrected chi connectivity index (χ0v) is 10.3. The summed E-state index contributed by atoms with van der Waals surface area (Å²) in [6.45, 7) is 3.67. The molecular formula is C12H12ClN3O. The van der Waals surface area contributed by atoms with Gasteiger partial charge in [-0.1, -0.05) is 17.7 Å². The highest BCUT2D eigenvalue weighted by Gasteiger charge is 2.12. The van der Waals surface area contributed by atoms with E-state index in [2.05, 4.69) is 10.4 Å². The minimum Gasteiger partial charge on any atom is -0.290 e. The van der Waals surface area contributed by atoms with E-state index in [9.17, 15) is 4.79 Å². The van der Waals surface area contributed by atoms with Crippen molar-refractivity contribution in [3.63, 3.8) is 0 Å². The molecule has 0 atom stereocenters. The van der Waals surface area contributed by atoms with Crippen molar-refractivity contribution >= 4 is 28.4 Å². The zero-order valence-electron chi connectivity index (χ0n) is 9.54. The van der Waals surface area contributed by atoms with Crippen LogP contribution in [-0.4, -0.2) is 10.9 Å². The second-order valence-corrected chi connectivity index (χ2v) is 4.25. The molecule has 0 spiro atoms. The molecule has 5 heteroatoms. The number of nitrogen functional groups attached to an aromatic ring is 1. The molecule has 1 heterocycles. The van der Waals surface area contributed by atoms with Gasteiger partial charge in [0.05, 0.1) is 16.8 Å². The molecule has 88 valence electrons. The SMILES string of the molecule is Cc1nc2c(C)c(Cl)ccc2cc1C(=O)NN. The predicted molar refractivity (Wildman–Crippen MR) is 67.9 cm³/mol. The maximum atomic E-state index is 11.5. The molecule has 0 bridgehead atoms. The molecule has 0 saturated carbocycles. The molecule has 2 aromatic rings. The van der Waals surface area contributed by atoms with Crippen LogP contribution in [-0.2, 0) is 0 Å². The number of carbonyl (C=O) groups is 1. The van der Waals surface area contributed by atoms with E-state index in [1.165, 1.54) is 0 Å². The summed E-state index contributed by atoms with van der Waals surface area (Å²) < 4.78 is 0. The van der Waals surface area contributed by atoms with Crippen molar-refractivity contribution in [3.8, 4) is 0 Å². The average molecular weight is 250 g/mol. The average Bonchev–Trinajstić information content (AvgIpc) is 2.33. The Balaban J connectivity index is 2.75. The number of hydrogen-bond acceptors (Lipinski definition) is 3. The summed E-state index contributed by atoms with van der Waals surface area (Å²) in [5, 5.41) is 1.54. The first kappa shape index (κ1) is 11.8. The van der Waals surface area contributed by atoms with Crippen LogP contribution in [0.25, 0.3) is 10.9 Å². The number of pyridine rings is 1. The maximum Gasteiger partial charge on any atom is 0.267 e. The highest BCUT2D eigenvalue weighted by atomic mass is 35.5. The van der Waals surface area contributed by atoms with Crippen LogP contribution < -0.4 is 11.3 Å². The molecule has 0 aliphatic heterocycles. The van der Waals surface area contributed by atoms with Gasteiger partial charge in [-0.2, -0.15) is 0 Å². The van der Waals surface area contributed by atoms with Gasteiger partial charge in [0.15, 0.2) is 0 Å². The molecule has 0 unspecified atom stereocenters. The van der Waals surface area contributed by atoms with Gasteiger partial charge in [0.2, 0.25) is 0 Å². The van der Waals surface area contributed by atoms with Crippen LogP contribution in [0.4, 0.5) is 0 Å². The lowest BCUT2D eigenvalue weighted by molar-refractivity contribution is 0.0953. The lowest BCUT2D eigenvalue weighted by Crippen LogP contribution is -2.30. The standard InChI is InChI=1S/C12H12ClN3O/c1-6-10(13)4-3-8-5-9(12(17)16-14)7(2)15-11(6)8/h3-5H,14H2,1-2H3,(H,16,17). The number of amides is 1. The molecule has 2 rings (SSSR count). The molecule has 0 fully saturated rings. The van der Waals surface area contributed by atoms with Crippen LogP contribution in [0.5, 0.6) is 0 Å². The quantitative estimate of drug-likeness (QED) is 0.462. The van der Waals surface area contributed by atoms with Crippen LogP contribution >= 0.6 is 11.6 Å². The van der Waals surface area contributed by atoms with Gasteiger partial charge in [-0.05, 0) is 31.5 Å². The van der Waals surface area contributed by atoms with E-state index in [-0.39, 0.29) is 5.91 Å². The summed E-state index contributed by atoms with van der Waals surface area (Å²) in [4.78, 5) is 15.9. The van der Waals surface area contributed by atoms with Gasteiger partial charge in [-0.25, -0.2) is 5.84 Å². The first-order valence-electron chi connectivity index (χ1n) is 5.12. The largest absolute Gasteiger partial charge is 0.290 e. The Morgan fingerprint density at radius 3 is 2.76 bits per heavy atom. The third-order valence-corrected chi connectivity index (χ3v) is 3.15. The Labute approximate surface area is 104 Å². The summed E-state index contributed by atoms with van der Waals surface area (Å²) in [6.07, 6.45) is 0. The molecule has 0 saturated heterocycles. The zero-order chi connectivity index (χ0) is 12.6. The van der Waals surface area contributed by atoms with Crippen molar-refractivity contribution in [3.05, 3.63) is 40.0 Å². The molecule has 0 aliphatic rings. The molecule has 3 N–H and O–H groups in total. The Morgan fingerprint density at radius 1 is 1.41 bits per heavy atom. The van der Waals surface area contributed by atoms with Crippen molar-refractivity contribution in [1.82, 2.24) is 10.4 Å². The molecule has 0 aliphatic carbocycles. The van der Waals surface area contributed by atoms with Crippen LogP contribution in [0.15, 0.2) is 18.2 Å². The number of hydrazine groups is 1. The van der Waals surface area contributed by atoms with E-state index in [1.807, 2.05) is 13.0 Å². The van der Waals surface area contributed by atoms with Gasteiger partial charge >= 0.3 is 0 Å². The lowest BCUT2D eigenvalue weighted by Gasteiger charge is -2.08. The topological polar surface area (TPSA) is 68.0 Å². The number of rotatable bonds is 1. The van der Waals surface area contributed by atoms with E-state index >= 15 is 0 Å². The number of aryl methyl sites for hydroxylation is 2. The third-order valence-electron chi connectivity index (χ3n) is 2.74. The summed E-state index contributed by atoms with van der Waals surface area (Å²) in [5.74, 6) is 4.78. The molecule has 1 amide bonds. The fraction of sp³-hybridized carbons (Fsp3) is 0.167. The van der Waals surface area contributed by atoms with Crippen LogP contribution in [0.2, 0.25) is 5.02 Å². The summed E-state index contributed by atoms with van der Waals surface area (Å²) in [7, 11) is 0. The molecule has 1 aromatic carbocycles. The molecular weight excluding hydrogens is 238 g/mol. The van der Waals surface area contributed by atoms with E-state index in [0.717, 1.165) is 16.5 Å².